The Morgan fingerprint density at radius 3 is 2.63 bits per heavy atom. The van der Waals surface area contributed by atoms with Crippen molar-refractivity contribution < 1.29 is 14.3 Å². The number of benzene rings is 2. The number of carbonyl (C=O) groups excluding carboxylic acids is 1. The van der Waals surface area contributed by atoms with Gasteiger partial charge in [0.25, 0.3) is 0 Å². The molecule has 6 heteroatoms. The molecule has 1 atom stereocenters. The van der Waals surface area contributed by atoms with Crippen molar-refractivity contribution in [3.05, 3.63) is 78.0 Å². The second-order valence-electron chi connectivity index (χ2n) is 7.20. The van der Waals surface area contributed by atoms with Crippen LogP contribution in [0.5, 0.6) is 17.4 Å². The van der Waals surface area contributed by atoms with Gasteiger partial charge in [0, 0.05) is 30.5 Å². The van der Waals surface area contributed by atoms with E-state index in [1.54, 1.807) is 12.3 Å². The molecule has 1 N–H and O–H groups in total. The van der Waals surface area contributed by atoms with Crippen LogP contribution < -0.4 is 19.7 Å². The zero-order chi connectivity index (χ0) is 20.9. The molecule has 0 aliphatic carbocycles. The summed E-state index contributed by atoms with van der Waals surface area (Å²) < 4.78 is 11.4. The Morgan fingerprint density at radius 2 is 1.87 bits per heavy atom. The van der Waals surface area contributed by atoms with Crippen LogP contribution in [-0.4, -0.2) is 23.7 Å². The van der Waals surface area contributed by atoms with E-state index in [1.165, 1.54) is 5.56 Å². The highest BCUT2D eigenvalue weighted by atomic mass is 16.5. The Bertz CT molecular complexity index is 1020. The number of nitrogens with one attached hydrogen (secondary N) is 1. The van der Waals surface area contributed by atoms with E-state index in [9.17, 15) is 4.79 Å². The zero-order valence-electron chi connectivity index (χ0n) is 17.2. The fourth-order valence-corrected chi connectivity index (χ4v) is 3.64. The molecule has 0 spiro atoms. The Kier molecular flexibility index (Phi) is 5.84. The molecule has 0 fully saturated rings. The predicted molar refractivity (Wildman–Crippen MR) is 116 cm³/mol. The molecular formula is C24H25N3O3. The highest BCUT2D eigenvalue weighted by Gasteiger charge is 2.30. The number of urea groups is 1. The van der Waals surface area contributed by atoms with Crippen LogP contribution in [0.3, 0.4) is 0 Å². The molecule has 2 heterocycles. The highest BCUT2D eigenvalue weighted by molar-refractivity contribution is 5.94. The summed E-state index contributed by atoms with van der Waals surface area (Å²) in [6.07, 6.45) is 2.58. The molecular weight excluding hydrogens is 378 g/mol. The molecule has 0 bridgehead atoms. The van der Waals surface area contributed by atoms with Gasteiger partial charge in [-0.05, 0) is 49.6 Å². The zero-order valence-corrected chi connectivity index (χ0v) is 17.2. The standard InChI is InChI=1S/C24H25N3O3/c1-3-29-21-10-6-7-11-22(21)30-23-13-12-18(15-25-23)16-26-24(28)27-17(2)14-19-8-4-5-9-20(19)27/h4-13,15,17H,3,14,16H2,1-2H3,(H,26,28). The molecule has 0 radical (unpaired) electrons. The maximum Gasteiger partial charge on any atom is 0.322 e. The molecule has 0 saturated heterocycles. The van der Waals surface area contributed by atoms with Gasteiger partial charge in [-0.25, -0.2) is 9.78 Å². The summed E-state index contributed by atoms with van der Waals surface area (Å²) in [5, 5.41) is 2.99. The third-order valence-electron chi connectivity index (χ3n) is 5.03. The molecule has 30 heavy (non-hydrogen) atoms. The summed E-state index contributed by atoms with van der Waals surface area (Å²) in [7, 11) is 0. The molecule has 154 valence electrons. The van der Waals surface area contributed by atoms with E-state index in [4.69, 9.17) is 9.47 Å². The number of hydrogen-bond acceptors (Lipinski definition) is 4. The Morgan fingerprint density at radius 1 is 1.10 bits per heavy atom. The van der Waals surface area contributed by atoms with Gasteiger partial charge in [0.2, 0.25) is 5.88 Å². The van der Waals surface area contributed by atoms with Gasteiger partial charge in [0.15, 0.2) is 11.5 Å². The van der Waals surface area contributed by atoms with Gasteiger partial charge in [-0.3, -0.25) is 4.90 Å². The molecule has 1 aromatic heterocycles. The second kappa shape index (κ2) is 8.86. The normalized spacial score (nSPS) is 14.9. The number of ether oxygens (including phenoxy) is 2. The summed E-state index contributed by atoms with van der Waals surface area (Å²) in [5.41, 5.74) is 3.09. The Balaban J connectivity index is 1.37. The van der Waals surface area contributed by atoms with E-state index in [2.05, 4.69) is 23.3 Å². The molecule has 2 amide bonds. The van der Waals surface area contributed by atoms with Crippen molar-refractivity contribution in [3.8, 4) is 17.4 Å². The van der Waals surface area contributed by atoms with Crippen LogP contribution in [-0.2, 0) is 13.0 Å². The van der Waals surface area contributed by atoms with Gasteiger partial charge in [0.1, 0.15) is 0 Å². The molecule has 1 aliphatic rings. The van der Waals surface area contributed by atoms with Gasteiger partial charge in [-0.1, -0.05) is 36.4 Å². The molecule has 0 saturated carbocycles. The first-order chi connectivity index (χ1) is 14.7. The van der Waals surface area contributed by atoms with Crippen molar-refractivity contribution in [3.63, 3.8) is 0 Å². The maximum atomic E-state index is 12.8. The summed E-state index contributed by atoms with van der Waals surface area (Å²) in [5.74, 6) is 1.77. The van der Waals surface area contributed by atoms with Crippen molar-refractivity contribution in [1.82, 2.24) is 10.3 Å². The monoisotopic (exact) mass is 403 g/mol. The van der Waals surface area contributed by atoms with Gasteiger partial charge in [0.05, 0.1) is 6.61 Å². The van der Waals surface area contributed by atoms with Crippen LogP contribution in [0, 0.1) is 0 Å². The minimum absolute atomic E-state index is 0.0987. The Labute approximate surface area is 176 Å². The van der Waals surface area contributed by atoms with Crippen LogP contribution in [0.25, 0.3) is 0 Å². The fourth-order valence-electron chi connectivity index (χ4n) is 3.64. The smallest absolute Gasteiger partial charge is 0.322 e. The molecule has 1 unspecified atom stereocenters. The number of hydrogen-bond donors (Lipinski definition) is 1. The molecule has 3 aromatic rings. The molecule has 1 aliphatic heterocycles. The van der Waals surface area contributed by atoms with Crippen molar-refractivity contribution >= 4 is 11.7 Å². The maximum absolute atomic E-state index is 12.8. The largest absolute Gasteiger partial charge is 0.490 e. The van der Waals surface area contributed by atoms with Gasteiger partial charge in [-0.15, -0.1) is 0 Å². The topological polar surface area (TPSA) is 63.7 Å². The predicted octanol–water partition coefficient (Wildman–Crippen LogP) is 4.93. The number of nitrogens with zero attached hydrogens (tertiary/aromatic N) is 2. The number of anilines is 1. The van der Waals surface area contributed by atoms with Crippen LogP contribution in [0.4, 0.5) is 10.5 Å². The van der Waals surface area contributed by atoms with E-state index in [0.717, 1.165) is 17.7 Å². The first kappa shape index (κ1) is 19.8. The quantitative estimate of drug-likeness (QED) is 0.634. The lowest BCUT2D eigenvalue weighted by molar-refractivity contribution is 0.244. The van der Waals surface area contributed by atoms with E-state index < -0.39 is 0 Å². The lowest BCUT2D eigenvalue weighted by atomic mass is 10.1. The summed E-state index contributed by atoms with van der Waals surface area (Å²) >= 11 is 0. The SMILES string of the molecule is CCOc1ccccc1Oc1ccc(CNC(=O)N2c3ccccc3CC2C)cn1. The number of pyridine rings is 1. The van der Waals surface area contributed by atoms with Crippen LogP contribution in [0.1, 0.15) is 25.0 Å². The summed E-state index contributed by atoms with van der Waals surface area (Å²) in [4.78, 5) is 18.9. The van der Waals surface area contributed by atoms with E-state index in [-0.39, 0.29) is 12.1 Å². The van der Waals surface area contributed by atoms with Gasteiger partial charge < -0.3 is 14.8 Å². The van der Waals surface area contributed by atoms with Crippen molar-refractivity contribution in [2.45, 2.75) is 32.9 Å². The van der Waals surface area contributed by atoms with Crippen molar-refractivity contribution in [2.75, 3.05) is 11.5 Å². The lowest BCUT2D eigenvalue weighted by Gasteiger charge is -2.23. The highest BCUT2D eigenvalue weighted by Crippen LogP contribution is 2.32. The third-order valence-corrected chi connectivity index (χ3v) is 5.03. The first-order valence-electron chi connectivity index (χ1n) is 10.1. The van der Waals surface area contributed by atoms with Crippen molar-refractivity contribution in [2.24, 2.45) is 0 Å². The minimum atomic E-state index is -0.0987. The van der Waals surface area contributed by atoms with Crippen LogP contribution in [0.2, 0.25) is 0 Å². The molecule has 4 rings (SSSR count). The number of aromatic nitrogens is 1. The second-order valence-corrected chi connectivity index (χ2v) is 7.20. The molecule has 6 nitrogen and oxygen atoms in total. The van der Waals surface area contributed by atoms with Crippen LogP contribution in [0.15, 0.2) is 66.9 Å². The summed E-state index contributed by atoms with van der Waals surface area (Å²) in [6, 6.07) is 19.3. The average Bonchev–Trinajstić information content (AvgIpc) is 3.10. The average molecular weight is 403 g/mol. The van der Waals surface area contributed by atoms with Crippen molar-refractivity contribution in [1.29, 1.82) is 0 Å². The number of fused-ring (bicyclic) bond motifs is 1. The number of rotatable bonds is 6. The first-order valence-corrected chi connectivity index (χ1v) is 10.1. The third kappa shape index (κ3) is 4.22. The van der Waals surface area contributed by atoms with E-state index in [1.807, 2.05) is 60.4 Å². The van der Waals surface area contributed by atoms with E-state index in [0.29, 0.717) is 30.5 Å². The molecule has 2 aromatic carbocycles. The van der Waals surface area contributed by atoms with Gasteiger partial charge in [-0.2, -0.15) is 0 Å². The van der Waals surface area contributed by atoms with Crippen LogP contribution >= 0.6 is 0 Å². The fraction of sp³-hybridized carbons (Fsp3) is 0.250. The summed E-state index contributed by atoms with van der Waals surface area (Å²) in [6.45, 7) is 4.95. The number of carbonyl (C=O) groups is 1. The van der Waals surface area contributed by atoms with E-state index >= 15 is 0 Å². The lowest BCUT2D eigenvalue weighted by Crippen LogP contribution is -2.42. The number of para-hydroxylation sites is 3. The Hall–Kier alpha value is -3.54. The minimum Gasteiger partial charge on any atom is -0.490 e. The van der Waals surface area contributed by atoms with Gasteiger partial charge >= 0.3 is 6.03 Å². The number of amides is 2.